The Morgan fingerprint density at radius 3 is 1.38 bits per heavy atom. The summed E-state index contributed by atoms with van der Waals surface area (Å²) in [5, 5.41) is 0. The molecular weight excluding hydrogens is 192 g/mol. The fraction of sp³-hybridized carbons (Fsp3) is 1.00. The van der Waals surface area contributed by atoms with Crippen LogP contribution in [0.25, 0.3) is 0 Å². The van der Waals surface area contributed by atoms with E-state index in [1.165, 1.54) is 38.5 Å². The second kappa shape index (κ2) is 3.27. The smallest absolute Gasteiger partial charge is 0.0190 e. The number of rotatable bonds is 0. The average Bonchev–Trinajstić information content (AvgIpc) is 2.42. The van der Waals surface area contributed by atoms with Crippen LogP contribution in [0.15, 0.2) is 0 Å². The predicted octanol–water partition coefficient (Wildman–Crippen LogP) is 5.42. The lowest BCUT2D eigenvalue weighted by atomic mass is 9.37. The van der Waals surface area contributed by atoms with E-state index in [-0.39, 0.29) is 0 Å². The van der Waals surface area contributed by atoms with Crippen molar-refractivity contribution in [1.82, 2.24) is 0 Å². The molecule has 0 bridgehead atoms. The van der Waals surface area contributed by atoms with Crippen LogP contribution in [0.3, 0.4) is 0 Å². The van der Waals surface area contributed by atoms with Gasteiger partial charge in [0, 0.05) is 0 Å². The predicted molar refractivity (Wildman–Crippen MR) is 71.5 cm³/mol. The maximum atomic E-state index is 2.46. The first-order valence-corrected chi connectivity index (χ1v) is 7.12. The van der Waals surface area contributed by atoms with Crippen LogP contribution in [0, 0.1) is 21.7 Å². The van der Waals surface area contributed by atoms with Crippen molar-refractivity contribution in [3.63, 3.8) is 0 Å². The molecule has 0 amide bonds. The van der Waals surface area contributed by atoms with Crippen LogP contribution in [0.5, 0.6) is 0 Å². The lowest BCUT2D eigenvalue weighted by Gasteiger charge is -2.67. The Hall–Kier alpha value is 0. The molecule has 0 atom stereocenters. The zero-order valence-corrected chi connectivity index (χ0v) is 12.2. The van der Waals surface area contributed by atoms with E-state index in [2.05, 4.69) is 41.5 Å². The van der Waals surface area contributed by atoms with E-state index in [4.69, 9.17) is 0 Å². The summed E-state index contributed by atoms with van der Waals surface area (Å²) in [5.74, 6) is 0. The van der Waals surface area contributed by atoms with Gasteiger partial charge in [-0.25, -0.2) is 0 Å². The van der Waals surface area contributed by atoms with Gasteiger partial charge in [0.25, 0.3) is 0 Å². The largest absolute Gasteiger partial charge is 0.0596 e. The molecule has 0 N–H and O–H groups in total. The van der Waals surface area contributed by atoms with Gasteiger partial charge < -0.3 is 0 Å². The lowest BCUT2D eigenvalue weighted by molar-refractivity contribution is -0.180. The zero-order valence-electron chi connectivity index (χ0n) is 12.2. The molecule has 0 radical (unpaired) electrons. The summed E-state index contributed by atoms with van der Waals surface area (Å²) >= 11 is 0. The summed E-state index contributed by atoms with van der Waals surface area (Å²) in [6.45, 7) is 14.8. The minimum absolute atomic E-state index is 0.457. The van der Waals surface area contributed by atoms with Gasteiger partial charge in [0.2, 0.25) is 0 Å². The van der Waals surface area contributed by atoms with Crippen LogP contribution >= 0.6 is 0 Å². The van der Waals surface area contributed by atoms with Gasteiger partial charge >= 0.3 is 0 Å². The Balaban J connectivity index is 2.22. The monoisotopic (exact) mass is 222 g/mol. The van der Waals surface area contributed by atoms with Gasteiger partial charge in [0.05, 0.1) is 0 Å². The second-order valence-electron chi connectivity index (χ2n) is 8.64. The molecule has 0 nitrogen and oxygen atoms in total. The van der Waals surface area contributed by atoms with Crippen molar-refractivity contribution in [3.05, 3.63) is 0 Å². The van der Waals surface area contributed by atoms with Crippen molar-refractivity contribution in [2.24, 2.45) is 21.7 Å². The van der Waals surface area contributed by atoms with E-state index in [9.17, 15) is 0 Å². The fourth-order valence-corrected chi connectivity index (χ4v) is 4.89. The standard InChI is InChI=1S/C16H30/c1-13(2,3)16(14(4,5)6)11-15(12-16)9-7-8-10-15/h7-12H2,1-6H3. The Morgan fingerprint density at radius 2 is 1.06 bits per heavy atom. The van der Waals surface area contributed by atoms with Crippen LogP contribution in [-0.2, 0) is 0 Å². The molecular formula is C16H30. The van der Waals surface area contributed by atoms with Gasteiger partial charge in [0.1, 0.15) is 0 Å². The van der Waals surface area contributed by atoms with E-state index >= 15 is 0 Å². The molecule has 0 heterocycles. The molecule has 94 valence electrons. The second-order valence-corrected chi connectivity index (χ2v) is 8.64. The van der Waals surface area contributed by atoms with Crippen molar-refractivity contribution < 1.29 is 0 Å². The molecule has 0 aromatic heterocycles. The Labute approximate surface area is 102 Å². The van der Waals surface area contributed by atoms with Gasteiger partial charge in [-0.15, -0.1) is 0 Å². The van der Waals surface area contributed by atoms with E-state index in [0.29, 0.717) is 16.2 Å². The normalized spacial score (nSPS) is 28.1. The summed E-state index contributed by atoms with van der Waals surface area (Å²) in [6, 6.07) is 0. The first kappa shape index (κ1) is 12.5. The zero-order chi connectivity index (χ0) is 12.2. The highest BCUT2D eigenvalue weighted by molar-refractivity contribution is 5.13. The minimum atomic E-state index is 0.457. The molecule has 0 unspecified atom stereocenters. The molecule has 2 aliphatic rings. The third kappa shape index (κ3) is 1.56. The summed E-state index contributed by atoms with van der Waals surface area (Å²) < 4.78 is 0. The Morgan fingerprint density at radius 1 is 0.688 bits per heavy atom. The van der Waals surface area contributed by atoms with Gasteiger partial charge in [-0.05, 0) is 47.3 Å². The fourth-order valence-electron chi connectivity index (χ4n) is 4.89. The lowest BCUT2D eigenvalue weighted by Crippen LogP contribution is -2.59. The van der Waals surface area contributed by atoms with E-state index in [1.807, 2.05) is 0 Å². The van der Waals surface area contributed by atoms with Gasteiger partial charge in [0.15, 0.2) is 0 Å². The highest BCUT2D eigenvalue weighted by Gasteiger charge is 2.63. The molecule has 16 heavy (non-hydrogen) atoms. The van der Waals surface area contributed by atoms with Crippen molar-refractivity contribution >= 4 is 0 Å². The van der Waals surface area contributed by atoms with Gasteiger partial charge in [-0.1, -0.05) is 54.4 Å². The first-order valence-electron chi connectivity index (χ1n) is 7.12. The molecule has 0 aliphatic heterocycles. The number of hydrogen-bond donors (Lipinski definition) is 0. The van der Waals surface area contributed by atoms with Crippen LogP contribution in [0.2, 0.25) is 0 Å². The van der Waals surface area contributed by atoms with Crippen LogP contribution < -0.4 is 0 Å². The summed E-state index contributed by atoms with van der Waals surface area (Å²) in [4.78, 5) is 0. The van der Waals surface area contributed by atoms with Crippen molar-refractivity contribution in [2.45, 2.75) is 80.1 Å². The summed E-state index contributed by atoms with van der Waals surface area (Å²) in [5.41, 5.74) is 2.25. The third-order valence-electron chi connectivity index (χ3n) is 5.89. The van der Waals surface area contributed by atoms with E-state index < -0.39 is 0 Å². The van der Waals surface area contributed by atoms with Crippen molar-refractivity contribution in [1.29, 1.82) is 0 Å². The molecule has 2 saturated carbocycles. The Kier molecular flexibility index (Phi) is 2.54. The molecule has 1 spiro atoms. The Bertz CT molecular complexity index is 241. The van der Waals surface area contributed by atoms with E-state index in [1.54, 1.807) is 0 Å². The summed E-state index contributed by atoms with van der Waals surface area (Å²) in [7, 11) is 0. The first-order chi connectivity index (χ1) is 7.12. The van der Waals surface area contributed by atoms with Gasteiger partial charge in [-0.3, -0.25) is 0 Å². The molecule has 2 rings (SSSR count). The SMILES string of the molecule is CC(C)(C)C1(C(C)(C)C)CC2(CCCC2)C1. The van der Waals surface area contributed by atoms with Crippen LogP contribution in [0.4, 0.5) is 0 Å². The van der Waals surface area contributed by atoms with E-state index in [0.717, 1.165) is 5.41 Å². The van der Waals surface area contributed by atoms with Crippen molar-refractivity contribution in [3.8, 4) is 0 Å². The molecule has 2 aliphatic carbocycles. The molecule has 0 aromatic rings. The molecule has 0 aromatic carbocycles. The molecule has 0 heteroatoms. The average molecular weight is 222 g/mol. The molecule has 2 fully saturated rings. The van der Waals surface area contributed by atoms with Crippen LogP contribution in [-0.4, -0.2) is 0 Å². The molecule has 0 saturated heterocycles. The minimum Gasteiger partial charge on any atom is -0.0596 e. The van der Waals surface area contributed by atoms with Gasteiger partial charge in [-0.2, -0.15) is 0 Å². The quantitative estimate of drug-likeness (QED) is 0.513. The summed E-state index contributed by atoms with van der Waals surface area (Å²) in [6.07, 6.45) is 9.00. The van der Waals surface area contributed by atoms with Crippen molar-refractivity contribution in [2.75, 3.05) is 0 Å². The third-order valence-corrected chi connectivity index (χ3v) is 5.89. The maximum Gasteiger partial charge on any atom is -0.0190 e. The highest BCUT2D eigenvalue weighted by atomic mass is 14.7. The highest BCUT2D eigenvalue weighted by Crippen LogP contribution is 2.73. The number of hydrogen-bond acceptors (Lipinski definition) is 0. The maximum absolute atomic E-state index is 2.46. The van der Waals surface area contributed by atoms with Crippen LogP contribution in [0.1, 0.15) is 80.1 Å². The topological polar surface area (TPSA) is 0 Å².